The highest BCUT2D eigenvalue weighted by molar-refractivity contribution is 7.86. The summed E-state index contributed by atoms with van der Waals surface area (Å²) >= 11 is 0. The fraction of sp³-hybridized carbons (Fsp3) is 0.591. The Bertz CT molecular complexity index is 862. The third-order valence-electron chi connectivity index (χ3n) is 4.44. The third-order valence-corrected chi connectivity index (χ3v) is 5.02. The maximum Gasteiger partial charge on any atom is 0.265 e. The molecule has 1 rings (SSSR count). The first-order valence-corrected chi connectivity index (χ1v) is 11.1. The number of ketones is 1. The van der Waals surface area contributed by atoms with E-state index in [1.807, 2.05) is 6.92 Å². The number of carbonyl (C=O) groups is 1. The first-order valence-electron chi connectivity index (χ1n) is 9.33. The van der Waals surface area contributed by atoms with E-state index >= 15 is 0 Å². The monoisotopic (exact) mass is 422 g/mol. The quantitative estimate of drug-likeness (QED) is 0.283. The molecular weight excluding hydrogens is 392 g/mol. The standard InChI is InChI=1S/C22H30O6S/c1-17(2)19-11-7-8-12-20(28-29(6,24)25)15-22(4,27-16-26-5)13-9-10-18(3)21(23)14-19/h10,19-20H,1,7,11,14-16H2,2-6H3/b18-10-/t19-,20?,22?/m0/s1. The van der Waals surface area contributed by atoms with Crippen LogP contribution in [0, 0.1) is 29.6 Å². The molecule has 1 aliphatic rings. The predicted octanol–water partition coefficient (Wildman–Crippen LogP) is 3.00. The van der Waals surface area contributed by atoms with Gasteiger partial charge in [0.05, 0.1) is 6.26 Å². The molecule has 0 aromatic heterocycles. The smallest absolute Gasteiger partial charge is 0.265 e. The van der Waals surface area contributed by atoms with Gasteiger partial charge in [-0.15, -0.1) is 5.92 Å². The van der Waals surface area contributed by atoms with Gasteiger partial charge >= 0.3 is 0 Å². The molecule has 3 atom stereocenters. The summed E-state index contributed by atoms with van der Waals surface area (Å²) in [6.45, 7) is 9.25. The van der Waals surface area contributed by atoms with Crippen LogP contribution in [0.25, 0.3) is 0 Å². The van der Waals surface area contributed by atoms with Crippen LogP contribution >= 0.6 is 0 Å². The fourth-order valence-electron chi connectivity index (χ4n) is 2.73. The topological polar surface area (TPSA) is 78.9 Å². The Kier molecular flexibility index (Phi) is 9.82. The van der Waals surface area contributed by atoms with Crippen molar-refractivity contribution in [1.82, 2.24) is 0 Å². The van der Waals surface area contributed by atoms with Crippen molar-refractivity contribution in [3.63, 3.8) is 0 Å². The second-order valence-electron chi connectivity index (χ2n) is 7.40. The zero-order valence-electron chi connectivity index (χ0n) is 17.8. The molecule has 2 unspecified atom stereocenters. The summed E-state index contributed by atoms with van der Waals surface area (Å²) in [5.41, 5.74) is 0.380. The minimum Gasteiger partial charge on any atom is -0.359 e. The molecule has 0 fully saturated rings. The summed E-state index contributed by atoms with van der Waals surface area (Å²) in [4.78, 5) is 12.5. The van der Waals surface area contributed by atoms with Crippen LogP contribution in [0.1, 0.15) is 46.5 Å². The molecule has 6 nitrogen and oxygen atoms in total. The molecule has 0 radical (unpaired) electrons. The van der Waals surface area contributed by atoms with Crippen molar-refractivity contribution in [2.45, 2.75) is 58.2 Å². The molecule has 0 aliphatic heterocycles. The molecule has 0 amide bonds. The minimum absolute atomic E-state index is 0.000582. The van der Waals surface area contributed by atoms with Crippen molar-refractivity contribution in [3.05, 3.63) is 23.8 Å². The van der Waals surface area contributed by atoms with E-state index < -0.39 is 21.8 Å². The number of carbonyl (C=O) groups excluding carboxylic acids is 1. The van der Waals surface area contributed by atoms with E-state index in [2.05, 4.69) is 30.3 Å². The van der Waals surface area contributed by atoms with Crippen LogP contribution in [0.4, 0.5) is 0 Å². The van der Waals surface area contributed by atoms with Crippen LogP contribution in [0.15, 0.2) is 23.8 Å². The van der Waals surface area contributed by atoms with E-state index in [4.69, 9.17) is 13.7 Å². The van der Waals surface area contributed by atoms with Crippen LogP contribution in [0.5, 0.6) is 0 Å². The summed E-state index contributed by atoms with van der Waals surface area (Å²) in [6, 6.07) is 0. The van der Waals surface area contributed by atoms with Crippen molar-refractivity contribution in [2.75, 3.05) is 20.2 Å². The van der Waals surface area contributed by atoms with Gasteiger partial charge in [-0.1, -0.05) is 29.9 Å². The van der Waals surface area contributed by atoms with Crippen molar-refractivity contribution in [2.24, 2.45) is 5.92 Å². The average molecular weight is 423 g/mol. The fourth-order valence-corrected chi connectivity index (χ4v) is 3.26. The first kappa shape index (κ1) is 25.1. The lowest BCUT2D eigenvalue weighted by Gasteiger charge is -2.26. The van der Waals surface area contributed by atoms with E-state index in [0.717, 1.165) is 11.8 Å². The Balaban J connectivity index is 3.33. The molecule has 0 aromatic carbocycles. The summed E-state index contributed by atoms with van der Waals surface area (Å²) in [7, 11) is -2.24. The van der Waals surface area contributed by atoms with Gasteiger partial charge < -0.3 is 9.47 Å². The number of ether oxygens (including phenoxy) is 2. The maximum atomic E-state index is 12.5. The largest absolute Gasteiger partial charge is 0.359 e. The van der Waals surface area contributed by atoms with E-state index in [0.29, 0.717) is 24.8 Å². The molecule has 0 bridgehead atoms. The number of rotatable bonds is 6. The van der Waals surface area contributed by atoms with Crippen molar-refractivity contribution < 1.29 is 26.9 Å². The zero-order valence-corrected chi connectivity index (χ0v) is 18.6. The summed E-state index contributed by atoms with van der Waals surface area (Å²) in [5, 5.41) is 0. The summed E-state index contributed by atoms with van der Waals surface area (Å²) in [6.07, 6.45) is 3.17. The van der Waals surface area contributed by atoms with Crippen LogP contribution in [0.2, 0.25) is 0 Å². The Morgan fingerprint density at radius 1 is 1.41 bits per heavy atom. The second-order valence-corrected chi connectivity index (χ2v) is 9.00. The predicted molar refractivity (Wildman–Crippen MR) is 112 cm³/mol. The van der Waals surface area contributed by atoms with Crippen LogP contribution in [0.3, 0.4) is 0 Å². The van der Waals surface area contributed by atoms with Crippen molar-refractivity contribution in [3.8, 4) is 23.7 Å². The molecule has 0 saturated heterocycles. The SMILES string of the molecule is C=C(C)[C@H]1CCC#CC(OS(C)(=O)=O)CC(C)(OCOC)C#C/C=C(/C)C(=O)C1. The Morgan fingerprint density at radius 2 is 2.10 bits per heavy atom. The lowest BCUT2D eigenvalue weighted by Crippen LogP contribution is -2.34. The van der Waals surface area contributed by atoms with Gasteiger partial charge in [0.1, 0.15) is 18.5 Å². The highest BCUT2D eigenvalue weighted by atomic mass is 32.2. The molecule has 0 aromatic rings. The van der Waals surface area contributed by atoms with Gasteiger partial charge in [0.25, 0.3) is 10.1 Å². The molecule has 160 valence electrons. The van der Waals surface area contributed by atoms with Crippen molar-refractivity contribution >= 4 is 15.9 Å². The Hall–Kier alpha value is -1.90. The summed E-state index contributed by atoms with van der Waals surface area (Å²) < 4.78 is 39.1. The number of hydrogen-bond donors (Lipinski definition) is 0. The van der Waals surface area contributed by atoms with E-state index in [1.165, 1.54) is 7.11 Å². The van der Waals surface area contributed by atoms with E-state index in [9.17, 15) is 13.2 Å². The second kappa shape index (κ2) is 11.3. The highest BCUT2D eigenvalue weighted by Gasteiger charge is 2.29. The van der Waals surface area contributed by atoms with Gasteiger partial charge in [0.15, 0.2) is 5.78 Å². The van der Waals surface area contributed by atoms with Crippen LogP contribution in [-0.4, -0.2) is 46.1 Å². The average Bonchev–Trinajstić information content (AvgIpc) is 2.60. The molecule has 0 heterocycles. The molecule has 0 N–H and O–H groups in total. The zero-order chi connectivity index (χ0) is 22.1. The van der Waals surface area contributed by atoms with Gasteiger partial charge in [-0.3, -0.25) is 8.98 Å². The number of hydrogen-bond acceptors (Lipinski definition) is 6. The highest BCUT2D eigenvalue weighted by Crippen LogP contribution is 2.23. The van der Waals surface area contributed by atoms with Crippen molar-refractivity contribution in [1.29, 1.82) is 0 Å². The van der Waals surface area contributed by atoms with Crippen LogP contribution in [-0.2, 0) is 28.6 Å². The minimum atomic E-state index is -3.72. The Labute approximate surface area is 174 Å². The number of methoxy groups -OCH3 is 1. The lowest BCUT2D eigenvalue weighted by molar-refractivity contribution is -0.116. The molecule has 0 saturated carbocycles. The lowest BCUT2D eigenvalue weighted by atomic mass is 9.89. The van der Waals surface area contributed by atoms with Gasteiger partial charge in [-0.05, 0) is 39.2 Å². The summed E-state index contributed by atoms with van der Waals surface area (Å²) in [5.74, 6) is 11.7. The van der Waals surface area contributed by atoms with Gasteiger partial charge in [-0.25, -0.2) is 0 Å². The van der Waals surface area contributed by atoms with E-state index in [1.54, 1.807) is 19.9 Å². The number of allylic oxidation sites excluding steroid dienone is 3. The molecular formula is C22H30O6S. The maximum absolute atomic E-state index is 12.5. The van der Waals surface area contributed by atoms with E-state index in [-0.39, 0.29) is 24.9 Å². The van der Waals surface area contributed by atoms with Crippen LogP contribution < -0.4 is 0 Å². The normalized spacial score (nSPS) is 28.0. The van der Waals surface area contributed by atoms with Gasteiger partial charge in [0.2, 0.25) is 0 Å². The molecule has 29 heavy (non-hydrogen) atoms. The third kappa shape index (κ3) is 9.92. The van der Waals surface area contributed by atoms with Gasteiger partial charge in [0, 0.05) is 31.9 Å². The molecule has 1 aliphatic carbocycles. The Morgan fingerprint density at radius 3 is 2.69 bits per heavy atom. The van der Waals surface area contributed by atoms with Gasteiger partial charge in [-0.2, -0.15) is 8.42 Å². The number of Topliss-reactive ketones (excluding diaryl/α,β-unsaturated/α-hetero) is 1. The molecule has 0 spiro atoms. The molecule has 7 heteroatoms. The first-order chi connectivity index (χ1) is 13.5.